The minimum Gasteiger partial charge on any atom is -0.378 e. The fourth-order valence-corrected chi connectivity index (χ4v) is 4.25. The van der Waals surface area contributed by atoms with E-state index >= 15 is 0 Å². The Morgan fingerprint density at radius 2 is 0.822 bits per heavy atom. The lowest BCUT2D eigenvalue weighted by Crippen LogP contribution is -2.34. The highest BCUT2D eigenvalue weighted by Gasteiger charge is 2.35. The Bertz CT molecular complexity index is 943. The fourth-order valence-electron chi connectivity index (χ4n) is 3.48. The molecule has 18 heteroatoms. The summed E-state index contributed by atoms with van der Waals surface area (Å²) in [6.07, 6.45) is 0.0247. The number of ether oxygens (including phenoxy) is 8. The summed E-state index contributed by atoms with van der Waals surface area (Å²) >= 11 is 6.15. The molecule has 2 heterocycles. The number of imide groups is 2. The van der Waals surface area contributed by atoms with E-state index in [1.807, 2.05) is 0 Å². The van der Waals surface area contributed by atoms with Gasteiger partial charge in [-0.25, -0.2) is 4.79 Å². The SMILES string of the molecule is O=C(CCOCCOCCOCCOCCOCCOCCOCCOCCN1C(=O)C(Br)=C(Br)C1=O)ON1C(=O)CCC1=O. The lowest BCUT2D eigenvalue weighted by atomic mass is 10.4. The number of carbonyl (C=O) groups excluding carboxylic acids is 5. The molecule has 0 radical (unpaired) electrons. The summed E-state index contributed by atoms with van der Waals surface area (Å²) in [6.45, 7) is 5.97. The molecule has 1 fully saturated rings. The Morgan fingerprint density at radius 1 is 0.511 bits per heavy atom. The number of halogens is 2. The number of rotatable bonds is 28. The van der Waals surface area contributed by atoms with Gasteiger partial charge in [-0.05, 0) is 31.9 Å². The Morgan fingerprint density at radius 3 is 1.18 bits per heavy atom. The van der Waals surface area contributed by atoms with Crippen molar-refractivity contribution in [1.82, 2.24) is 9.96 Å². The quantitative estimate of drug-likeness (QED) is 0.0793. The van der Waals surface area contributed by atoms with Crippen LogP contribution in [0.25, 0.3) is 0 Å². The van der Waals surface area contributed by atoms with Gasteiger partial charge in [0.1, 0.15) is 8.96 Å². The van der Waals surface area contributed by atoms with Gasteiger partial charge in [-0.3, -0.25) is 24.1 Å². The molecule has 0 aromatic heterocycles. The molecule has 0 aliphatic carbocycles. The van der Waals surface area contributed by atoms with E-state index in [1.54, 1.807) is 0 Å². The molecule has 0 aromatic rings. The summed E-state index contributed by atoms with van der Waals surface area (Å²) < 4.78 is 43.5. The van der Waals surface area contributed by atoms with Crippen molar-refractivity contribution < 1.29 is 66.7 Å². The third-order valence-corrected chi connectivity index (χ3v) is 7.77. The molecular weight excluding hydrogens is 736 g/mol. The number of hydrogen-bond donors (Lipinski definition) is 0. The molecule has 2 aliphatic heterocycles. The topological polar surface area (TPSA) is 175 Å². The molecule has 0 spiro atoms. The van der Waals surface area contributed by atoms with E-state index in [0.717, 1.165) is 4.90 Å². The van der Waals surface area contributed by atoms with Gasteiger partial charge in [-0.15, -0.1) is 5.06 Å². The standard InChI is InChI=1S/C27H40Br2N2O14/c28-24-25(29)27(36)30(26(24)35)4-6-38-8-10-40-12-14-42-16-18-44-20-19-43-17-15-41-13-11-39-9-7-37-5-3-23(34)45-31-21(32)1-2-22(31)33/h1-20H2. The maximum Gasteiger partial charge on any atom is 0.335 e. The van der Waals surface area contributed by atoms with Crippen LogP contribution < -0.4 is 0 Å². The molecule has 0 unspecified atom stereocenters. The van der Waals surface area contributed by atoms with Gasteiger partial charge in [-0.1, -0.05) is 0 Å². The van der Waals surface area contributed by atoms with Gasteiger partial charge in [0, 0.05) is 12.8 Å². The Labute approximate surface area is 278 Å². The Hall–Kier alpha value is -1.87. The molecule has 0 bridgehead atoms. The first-order valence-corrected chi connectivity index (χ1v) is 16.0. The van der Waals surface area contributed by atoms with Crippen molar-refractivity contribution in [1.29, 1.82) is 0 Å². The van der Waals surface area contributed by atoms with Crippen LogP contribution in [0.1, 0.15) is 19.3 Å². The van der Waals surface area contributed by atoms with E-state index in [9.17, 15) is 24.0 Å². The van der Waals surface area contributed by atoms with Crippen LogP contribution in [0.3, 0.4) is 0 Å². The first-order chi connectivity index (χ1) is 21.8. The van der Waals surface area contributed by atoms with Gasteiger partial charge in [-0.2, -0.15) is 0 Å². The normalized spacial score (nSPS) is 15.3. The number of nitrogens with zero attached hydrogens (tertiary/aromatic N) is 2. The highest BCUT2D eigenvalue weighted by molar-refractivity contribution is 9.14. The van der Waals surface area contributed by atoms with Crippen molar-refractivity contribution in [2.75, 3.05) is 112 Å². The lowest BCUT2D eigenvalue weighted by molar-refractivity contribution is -0.198. The maximum absolute atomic E-state index is 11.9. The van der Waals surface area contributed by atoms with Gasteiger partial charge in [0.2, 0.25) is 0 Å². The fraction of sp³-hybridized carbons (Fsp3) is 0.741. The average molecular weight is 776 g/mol. The van der Waals surface area contributed by atoms with Crippen molar-refractivity contribution in [2.24, 2.45) is 0 Å². The predicted octanol–water partition coefficient (Wildman–Crippen LogP) is 0.487. The van der Waals surface area contributed by atoms with Crippen LogP contribution in [0.5, 0.6) is 0 Å². The van der Waals surface area contributed by atoms with E-state index in [1.165, 1.54) is 0 Å². The molecule has 256 valence electrons. The van der Waals surface area contributed by atoms with E-state index in [2.05, 4.69) is 31.9 Å². The number of hydrogen-bond acceptors (Lipinski definition) is 14. The zero-order valence-electron chi connectivity index (χ0n) is 25.0. The lowest BCUT2D eigenvalue weighted by Gasteiger charge is -2.14. The summed E-state index contributed by atoms with van der Waals surface area (Å²) in [6, 6.07) is 0. The second-order valence-corrected chi connectivity index (χ2v) is 10.7. The highest BCUT2D eigenvalue weighted by Crippen LogP contribution is 2.29. The number of carbonyl (C=O) groups is 5. The zero-order chi connectivity index (χ0) is 32.7. The highest BCUT2D eigenvalue weighted by atomic mass is 79.9. The van der Waals surface area contributed by atoms with Crippen LogP contribution in [0, 0.1) is 0 Å². The van der Waals surface area contributed by atoms with E-state index in [4.69, 9.17) is 42.7 Å². The predicted molar refractivity (Wildman–Crippen MR) is 160 cm³/mol. The van der Waals surface area contributed by atoms with Crippen molar-refractivity contribution in [3.63, 3.8) is 0 Å². The molecule has 2 aliphatic rings. The third kappa shape index (κ3) is 16.5. The van der Waals surface area contributed by atoms with Gasteiger partial charge in [0.15, 0.2) is 0 Å². The second kappa shape index (κ2) is 24.3. The van der Waals surface area contributed by atoms with Crippen LogP contribution >= 0.6 is 31.9 Å². The van der Waals surface area contributed by atoms with Crippen LogP contribution in [-0.4, -0.2) is 152 Å². The Balaban J connectivity index is 1.20. The van der Waals surface area contributed by atoms with Crippen LogP contribution in [0.15, 0.2) is 8.96 Å². The van der Waals surface area contributed by atoms with Crippen molar-refractivity contribution in [2.45, 2.75) is 19.3 Å². The summed E-state index contributed by atoms with van der Waals surface area (Å²) in [7, 11) is 0. The van der Waals surface area contributed by atoms with Crippen molar-refractivity contribution in [3.05, 3.63) is 8.96 Å². The molecule has 45 heavy (non-hydrogen) atoms. The molecular formula is C27H40Br2N2O14. The molecule has 4 amide bonds. The first-order valence-electron chi connectivity index (χ1n) is 14.4. The van der Waals surface area contributed by atoms with Gasteiger partial charge < -0.3 is 42.7 Å². The van der Waals surface area contributed by atoms with Crippen molar-refractivity contribution >= 4 is 61.5 Å². The Kier molecular flexibility index (Phi) is 21.2. The summed E-state index contributed by atoms with van der Waals surface area (Å²) in [5.74, 6) is -2.51. The van der Waals surface area contributed by atoms with Crippen LogP contribution in [0.2, 0.25) is 0 Å². The zero-order valence-corrected chi connectivity index (χ0v) is 28.2. The summed E-state index contributed by atoms with van der Waals surface area (Å²) in [5.41, 5.74) is 0. The molecule has 1 saturated heterocycles. The molecule has 0 atom stereocenters. The van der Waals surface area contributed by atoms with Gasteiger partial charge in [0.05, 0.1) is 119 Å². The van der Waals surface area contributed by atoms with E-state index < -0.39 is 17.8 Å². The summed E-state index contributed by atoms with van der Waals surface area (Å²) in [5, 5.41) is 0.511. The monoisotopic (exact) mass is 774 g/mol. The maximum atomic E-state index is 11.9. The minimum absolute atomic E-state index is 0.0533. The van der Waals surface area contributed by atoms with Crippen LogP contribution in [0.4, 0.5) is 0 Å². The number of amides is 4. The second-order valence-electron chi connectivity index (χ2n) is 9.08. The largest absolute Gasteiger partial charge is 0.378 e. The first kappa shape index (κ1) is 39.3. The van der Waals surface area contributed by atoms with Gasteiger partial charge in [0.25, 0.3) is 23.6 Å². The van der Waals surface area contributed by atoms with E-state index in [0.29, 0.717) is 91.0 Å². The smallest absolute Gasteiger partial charge is 0.335 e. The minimum atomic E-state index is -0.707. The molecule has 16 nitrogen and oxygen atoms in total. The molecule has 0 saturated carbocycles. The van der Waals surface area contributed by atoms with Crippen molar-refractivity contribution in [3.8, 4) is 0 Å². The molecule has 0 aromatic carbocycles. The molecule has 2 rings (SSSR count). The average Bonchev–Trinajstić information content (AvgIpc) is 3.43. The van der Waals surface area contributed by atoms with E-state index in [-0.39, 0.29) is 66.4 Å². The molecule has 0 N–H and O–H groups in total. The number of hydroxylamine groups is 2. The van der Waals surface area contributed by atoms with Gasteiger partial charge >= 0.3 is 5.97 Å². The third-order valence-electron chi connectivity index (χ3n) is 5.77. The van der Waals surface area contributed by atoms with Crippen LogP contribution in [-0.2, 0) is 66.7 Å². The summed E-state index contributed by atoms with van der Waals surface area (Å²) in [4.78, 5) is 64.0.